The maximum Gasteiger partial charge on any atom is 0.293 e. The predicted octanol–water partition coefficient (Wildman–Crippen LogP) is 3.45. The van der Waals surface area contributed by atoms with Gasteiger partial charge in [0.05, 0.1) is 11.4 Å². The van der Waals surface area contributed by atoms with E-state index in [0.29, 0.717) is 16.4 Å². The Balaban J connectivity index is 2.33. The van der Waals surface area contributed by atoms with Crippen molar-refractivity contribution >= 4 is 40.5 Å². The minimum Gasteiger partial charge on any atom is -0.440 e. The van der Waals surface area contributed by atoms with E-state index >= 15 is 0 Å². The number of furan rings is 1. The van der Waals surface area contributed by atoms with Crippen LogP contribution in [0.1, 0.15) is 10.6 Å². The molecule has 4 nitrogen and oxygen atoms in total. The molecule has 0 unspecified atom stereocenters. The molecule has 0 aliphatic carbocycles. The van der Waals surface area contributed by atoms with Gasteiger partial charge in [0.15, 0.2) is 11.0 Å². The highest BCUT2D eigenvalue weighted by Gasteiger charge is 2.19. The van der Waals surface area contributed by atoms with Crippen LogP contribution in [-0.4, -0.2) is 13.0 Å². The smallest absolute Gasteiger partial charge is 0.293 e. The topological polar surface area (TPSA) is 59.5 Å². The van der Waals surface area contributed by atoms with Gasteiger partial charge in [0.25, 0.3) is 5.91 Å². The minimum absolute atomic E-state index is 0.141. The molecule has 0 aliphatic heterocycles. The van der Waals surface area contributed by atoms with E-state index in [1.807, 2.05) is 0 Å². The van der Waals surface area contributed by atoms with Crippen LogP contribution >= 0.6 is 23.2 Å². The molecule has 0 saturated heterocycles. The molecule has 1 aromatic heterocycles. The van der Waals surface area contributed by atoms with E-state index in [0.717, 1.165) is 0 Å². The number of hydrogen-bond acceptors (Lipinski definition) is 3. The van der Waals surface area contributed by atoms with E-state index in [9.17, 15) is 4.79 Å². The number of benzene rings is 1. The van der Waals surface area contributed by atoms with E-state index in [4.69, 9.17) is 33.4 Å². The van der Waals surface area contributed by atoms with Crippen LogP contribution in [0.15, 0.2) is 34.7 Å². The molecule has 1 heterocycles. The molecular weight excluding hydrogens is 275 g/mol. The maximum absolute atomic E-state index is 12.1. The summed E-state index contributed by atoms with van der Waals surface area (Å²) in [6.07, 6.45) is 0. The maximum atomic E-state index is 12.1. The van der Waals surface area contributed by atoms with Gasteiger partial charge >= 0.3 is 0 Å². The lowest BCUT2D eigenvalue weighted by atomic mass is 10.2. The van der Waals surface area contributed by atoms with Crippen LogP contribution in [0.4, 0.5) is 11.4 Å². The largest absolute Gasteiger partial charge is 0.440 e. The first-order chi connectivity index (χ1) is 8.49. The van der Waals surface area contributed by atoms with E-state index in [-0.39, 0.29) is 16.9 Å². The fraction of sp³-hybridized carbons (Fsp3) is 0.0833. The molecule has 18 heavy (non-hydrogen) atoms. The highest BCUT2D eigenvalue weighted by molar-refractivity contribution is 6.31. The Bertz CT molecular complexity index is 596. The van der Waals surface area contributed by atoms with Crippen molar-refractivity contribution in [3.8, 4) is 0 Å². The van der Waals surface area contributed by atoms with Crippen LogP contribution < -0.4 is 10.6 Å². The zero-order chi connectivity index (χ0) is 13.3. The molecule has 2 rings (SSSR count). The van der Waals surface area contributed by atoms with Gasteiger partial charge in [-0.3, -0.25) is 4.79 Å². The lowest BCUT2D eigenvalue weighted by molar-refractivity contribution is 0.0966. The number of amides is 1. The van der Waals surface area contributed by atoms with Crippen molar-refractivity contribution in [3.63, 3.8) is 0 Å². The molecule has 0 fully saturated rings. The van der Waals surface area contributed by atoms with Crippen LogP contribution in [-0.2, 0) is 0 Å². The van der Waals surface area contributed by atoms with Crippen LogP contribution in [0.5, 0.6) is 0 Å². The number of carbonyl (C=O) groups excluding carboxylic acids is 1. The molecule has 0 bridgehead atoms. The first-order valence-electron chi connectivity index (χ1n) is 5.07. The Morgan fingerprint density at radius 2 is 2.00 bits per heavy atom. The molecule has 94 valence electrons. The van der Waals surface area contributed by atoms with Gasteiger partial charge in [0.1, 0.15) is 0 Å². The fourth-order valence-corrected chi connectivity index (χ4v) is 1.82. The monoisotopic (exact) mass is 284 g/mol. The molecule has 2 N–H and O–H groups in total. The summed E-state index contributed by atoms with van der Waals surface area (Å²) in [7, 11) is 1.58. The average molecular weight is 285 g/mol. The Hall–Kier alpha value is -1.65. The first-order valence-corrected chi connectivity index (χ1v) is 5.83. The van der Waals surface area contributed by atoms with Crippen molar-refractivity contribution in [1.29, 1.82) is 0 Å². The Labute approximate surface area is 114 Å². The number of rotatable bonds is 2. The Morgan fingerprint density at radius 1 is 1.28 bits per heavy atom. The highest BCUT2D eigenvalue weighted by atomic mass is 35.5. The van der Waals surface area contributed by atoms with Gasteiger partial charge in [-0.05, 0) is 41.9 Å². The van der Waals surface area contributed by atoms with Crippen molar-refractivity contribution in [2.75, 3.05) is 17.7 Å². The van der Waals surface area contributed by atoms with Crippen molar-refractivity contribution < 1.29 is 9.21 Å². The van der Waals surface area contributed by atoms with Crippen LogP contribution in [0.2, 0.25) is 10.2 Å². The van der Waals surface area contributed by atoms with E-state index in [1.54, 1.807) is 25.2 Å². The normalized spacial score (nSPS) is 10.4. The molecule has 2 aromatic rings. The standard InChI is InChI=1S/C12H10Cl2N2O2/c1-16(9-6-7(13)2-3-8(9)15)12(17)10-4-5-11(14)18-10/h2-6H,15H2,1H3. The number of nitrogens with two attached hydrogens (primary N) is 1. The molecular formula is C12H10Cl2N2O2. The zero-order valence-electron chi connectivity index (χ0n) is 9.48. The quantitative estimate of drug-likeness (QED) is 0.860. The second-order valence-corrected chi connectivity index (χ2v) is 4.48. The number of hydrogen-bond donors (Lipinski definition) is 1. The van der Waals surface area contributed by atoms with Gasteiger partial charge in [0.2, 0.25) is 0 Å². The van der Waals surface area contributed by atoms with Gasteiger partial charge in [-0.25, -0.2) is 0 Å². The molecule has 0 radical (unpaired) electrons. The van der Waals surface area contributed by atoms with Crippen LogP contribution in [0, 0.1) is 0 Å². The van der Waals surface area contributed by atoms with Gasteiger partial charge < -0.3 is 15.1 Å². The summed E-state index contributed by atoms with van der Waals surface area (Å²) >= 11 is 11.5. The second-order valence-electron chi connectivity index (χ2n) is 3.67. The molecule has 1 aromatic carbocycles. The van der Waals surface area contributed by atoms with E-state index < -0.39 is 0 Å². The number of anilines is 2. The Kier molecular flexibility index (Phi) is 3.50. The summed E-state index contributed by atoms with van der Waals surface area (Å²) in [5.74, 6) is -0.210. The van der Waals surface area contributed by atoms with Crippen LogP contribution in [0.3, 0.4) is 0 Å². The third kappa shape index (κ3) is 2.44. The van der Waals surface area contributed by atoms with Crippen molar-refractivity contribution in [2.45, 2.75) is 0 Å². The van der Waals surface area contributed by atoms with Crippen molar-refractivity contribution in [3.05, 3.63) is 46.3 Å². The van der Waals surface area contributed by atoms with Gasteiger partial charge in [-0.1, -0.05) is 11.6 Å². The summed E-state index contributed by atoms with van der Waals surface area (Å²) in [6, 6.07) is 7.91. The van der Waals surface area contributed by atoms with E-state index in [2.05, 4.69) is 0 Å². The van der Waals surface area contributed by atoms with Gasteiger partial charge in [-0.2, -0.15) is 0 Å². The first kappa shape index (κ1) is 12.8. The summed E-state index contributed by atoms with van der Waals surface area (Å²) in [4.78, 5) is 13.5. The third-order valence-electron chi connectivity index (χ3n) is 2.44. The number of carbonyl (C=O) groups is 1. The molecule has 0 atom stereocenters. The van der Waals surface area contributed by atoms with E-state index in [1.165, 1.54) is 17.0 Å². The average Bonchev–Trinajstić information content (AvgIpc) is 2.77. The third-order valence-corrected chi connectivity index (χ3v) is 2.88. The summed E-state index contributed by atoms with van der Waals surface area (Å²) in [5.41, 5.74) is 6.77. The van der Waals surface area contributed by atoms with Crippen molar-refractivity contribution in [1.82, 2.24) is 0 Å². The molecule has 6 heteroatoms. The molecule has 0 saturated carbocycles. The Morgan fingerprint density at radius 3 is 2.61 bits per heavy atom. The molecule has 0 spiro atoms. The predicted molar refractivity (Wildman–Crippen MR) is 72.3 cm³/mol. The molecule has 1 amide bonds. The summed E-state index contributed by atoms with van der Waals surface area (Å²) in [6.45, 7) is 0. The van der Waals surface area contributed by atoms with Crippen molar-refractivity contribution in [2.24, 2.45) is 0 Å². The number of halogens is 2. The number of nitrogen functional groups attached to an aromatic ring is 1. The highest BCUT2D eigenvalue weighted by Crippen LogP contribution is 2.27. The second kappa shape index (κ2) is 4.92. The lowest BCUT2D eigenvalue weighted by Crippen LogP contribution is -2.26. The minimum atomic E-state index is -0.351. The zero-order valence-corrected chi connectivity index (χ0v) is 11.0. The van der Waals surface area contributed by atoms with Gasteiger partial charge in [0, 0.05) is 12.1 Å². The van der Waals surface area contributed by atoms with Crippen LogP contribution in [0.25, 0.3) is 0 Å². The summed E-state index contributed by atoms with van der Waals surface area (Å²) < 4.78 is 5.06. The molecule has 0 aliphatic rings. The lowest BCUT2D eigenvalue weighted by Gasteiger charge is -2.18. The number of nitrogens with zero attached hydrogens (tertiary/aromatic N) is 1. The fourth-order valence-electron chi connectivity index (χ4n) is 1.51. The SMILES string of the molecule is CN(C(=O)c1ccc(Cl)o1)c1cc(Cl)ccc1N. The van der Waals surface area contributed by atoms with Gasteiger partial charge in [-0.15, -0.1) is 0 Å². The summed E-state index contributed by atoms with van der Waals surface area (Å²) in [5, 5.41) is 0.655.